The molecule has 0 saturated heterocycles. The molecule has 0 aliphatic rings. The van der Waals surface area contributed by atoms with Crippen molar-refractivity contribution in [2.45, 2.75) is 258 Å². The van der Waals surface area contributed by atoms with E-state index in [9.17, 15) is 9.59 Å². The van der Waals surface area contributed by atoms with Crippen LogP contribution in [0.25, 0.3) is 0 Å². The molecule has 0 aliphatic heterocycles. The molecule has 1 unspecified atom stereocenters. The molecule has 0 bridgehead atoms. The number of rotatable bonds is 46. The van der Waals surface area contributed by atoms with Crippen molar-refractivity contribution >= 4 is 11.9 Å². The zero-order valence-electron chi connectivity index (χ0n) is 38.8. The molecule has 0 heterocycles. The maximum Gasteiger partial charge on any atom is 0.306 e. The lowest BCUT2D eigenvalue weighted by molar-refractivity contribution is -0.163. The van der Waals surface area contributed by atoms with Crippen LogP contribution < -0.4 is 0 Å². The second-order valence-electron chi connectivity index (χ2n) is 16.7. The number of hydrogen-bond donors (Lipinski definition) is 0. The van der Waals surface area contributed by atoms with E-state index in [1.165, 1.54) is 154 Å². The first-order valence-electron chi connectivity index (χ1n) is 25.2. The fourth-order valence-corrected chi connectivity index (χ4v) is 7.11. The Balaban J connectivity index is 4.00. The predicted octanol–water partition coefficient (Wildman–Crippen LogP) is 16.8. The van der Waals surface area contributed by atoms with Crippen molar-refractivity contribution in [3.63, 3.8) is 0 Å². The molecular weight excluding hydrogens is 717 g/mol. The Bertz CT molecular complexity index is 966. The zero-order valence-corrected chi connectivity index (χ0v) is 38.8. The second-order valence-corrected chi connectivity index (χ2v) is 16.7. The van der Waals surface area contributed by atoms with Gasteiger partial charge in [-0.05, 0) is 77.0 Å². The lowest BCUT2D eigenvalue weighted by Crippen LogP contribution is -2.30. The molecule has 0 aromatic heterocycles. The average Bonchev–Trinajstić information content (AvgIpc) is 3.22. The number of allylic oxidation sites excluding steroid dienone is 8. The molecule has 0 fully saturated rings. The van der Waals surface area contributed by atoms with Crippen molar-refractivity contribution in [2.75, 3.05) is 19.8 Å². The highest BCUT2D eigenvalue weighted by Crippen LogP contribution is 2.14. The molecule has 0 radical (unpaired) electrons. The van der Waals surface area contributed by atoms with Crippen molar-refractivity contribution in [3.05, 3.63) is 48.6 Å². The van der Waals surface area contributed by atoms with E-state index < -0.39 is 6.10 Å². The number of carbonyl (C=O) groups excluding carboxylic acids is 2. The van der Waals surface area contributed by atoms with Crippen LogP contribution in [0.3, 0.4) is 0 Å². The highest BCUT2D eigenvalue weighted by atomic mass is 16.6. The van der Waals surface area contributed by atoms with Gasteiger partial charge in [0.05, 0.1) is 6.61 Å². The van der Waals surface area contributed by atoms with E-state index in [2.05, 4.69) is 69.4 Å². The molecule has 0 amide bonds. The average molecular weight is 813 g/mol. The van der Waals surface area contributed by atoms with Crippen LogP contribution >= 0.6 is 0 Å². The molecule has 0 saturated carbocycles. The van der Waals surface area contributed by atoms with Gasteiger partial charge < -0.3 is 14.2 Å². The Labute approximate surface area is 361 Å². The fraction of sp³-hybridized carbons (Fsp3) is 0.811. The predicted molar refractivity (Wildman–Crippen MR) is 251 cm³/mol. The molecule has 0 aliphatic carbocycles. The van der Waals surface area contributed by atoms with Crippen LogP contribution in [-0.2, 0) is 23.8 Å². The number of ether oxygens (including phenoxy) is 3. The molecule has 0 rings (SSSR count). The molecule has 0 aromatic rings. The maximum atomic E-state index is 12.6. The van der Waals surface area contributed by atoms with Gasteiger partial charge in [-0.15, -0.1) is 0 Å². The van der Waals surface area contributed by atoms with E-state index in [1.54, 1.807) is 0 Å². The van der Waals surface area contributed by atoms with Gasteiger partial charge in [0.1, 0.15) is 6.61 Å². The molecule has 338 valence electrons. The number of unbranched alkanes of at least 4 members (excludes halogenated alkanes) is 27. The molecule has 0 N–H and O–H groups in total. The molecule has 5 heteroatoms. The molecule has 58 heavy (non-hydrogen) atoms. The summed E-state index contributed by atoms with van der Waals surface area (Å²) in [7, 11) is 0. The van der Waals surface area contributed by atoms with Gasteiger partial charge in [0, 0.05) is 19.4 Å². The highest BCUT2D eigenvalue weighted by Gasteiger charge is 2.17. The monoisotopic (exact) mass is 813 g/mol. The zero-order chi connectivity index (χ0) is 42.1. The van der Waals surface area contributed by atoms with E-state index in [0.717, 1.165) is 64.2 Å². The molecule has 0 spiro atoms. The lowest BCUT2D eigenvalue weighted by Gasteiger charge is -2.18. The summed E-state index contributed by atoms with van der Waals surface area (Å²) in [5.74, 6) is -0.409. The second kappa shape index (κ2) is 49.2. The molecule has 5 nitrogen and oxygen atoms in total. The quantitative estimate of drug-likeness (QED) is 0.0348. The minimum absolute atomic E-state index is 0.0824. The smallest absolute Gasteiger partial charge is 0.306 e. The summed E-state index contributed by atoms with van der Waals surface area (Å²) >= 11 is 0. The Kier molecular flexibility index (Phi) is 47.4. The van der Waals surface area contributed by atoms with Crippen LogP contribution in [0.4, 0.5) is 0 Å². The van der Waals surface area contributed by atoms with Crippen LogP contribution in [0.2, 0.25) is 0 Å². The largest absolute Gasteiger partial charge is 0.462 e. The van der Waals surface area contributed by atoms with Crippen molar-refractivity contribution in [1.29, 1.82) is 0 Å². The summed E-state index contributed by atoms with van der Waals surface area (Å²) in [5.41, 5.74) is 0. The molecule has 1 atom stereocenters. The van der Waals surface area contributed by atoms with Gasteiger partial charge in [0.2, 0.25) is 0 Å². The first-order valence-corrected chi connectivity index (χ1v) is 25.2. The summed E-state index contributed by atoms with van der Waals surface area (Å²) in [4.78, 5) is 25.1. The lowest BCUT2D eigenvalue weighted by atomic mass is 10.1. The summed E-state index contributed by atoms with van der Waals surface area (Å²) in [6, 6.07) is 0. The van der Waals surface area contributed by atoms with Crippen molar-refractivity contribution in [1.82, 2.24) is 0 Å². The number of carbonyl (C=O) groups is 2. The Morgan fingerprint density at radius 3 is 1.26 bits per heavy atom. The Hall–Kier alpha value is -2.14. The first-order chi connectivity index (χ1) is 28.6. The van der Waals surface area contributed by atoms with Crippen LogP contribution in [-0.4, -0.2) is 37.9 Å². The maximum absolute atomic E-state index is 12.6. The topological polar surface area (TPSA) is 61.8 Å². The number of esters is 2. The van der Waals surface area contributed by atoms with E-state index >= 15 is 0 Å². The SMILES string of the molecule is CC/C=C\C/C=C\C/C=C\CCCCCCCCCCOCC(COC(=O)CCCCCCCCCCC/C=C\CCCCCCCC)OC(=O)CCCCCCC. The van der Waals surface area contributed by atoms with Crippen LogP contribution in [0, 0.1) is 0 Å². The summed E-state index contributed by atoms with van der Waals surface area (Å²) in [5, 5.41) is 0. The molecule has 0 aromatic carbocycles. The summed E-state index contributed by atoms with van der Waals surface area (Å²) in [6.07, 6.45) is 60.1. The van der Waals surface area contributed by atoms with Crippen LogP contribution in [0.1, 0.15) is 252 Å². The van der Waals surface area contributed by atoms with Gasteiger partial charge in [-0.2, -0.15) is 0 Å². The first kappa shape index (κ1) is 55.9. The van der Waals surface area contributed by atoms with Gasteiger partial charge in [0.25, 0.3) is 0 Å². The third kappa shape index (κ3) is 46.5. The fourth-order valence-electron chi connectivity index (χ4n) is 7.11. The number of hydrogen-bond acceptors (Lipinski definition) is 5. The Morgan fingerprint density at radius 1 is 0.397 bits per heavy atom. The Morgan fingerprint density at radius 2 is 0.776 bits per heavy atom. The third-order valence-electron chi connectivity index (χ3n) is 10.8. The molecular formula is C53H96O5. The van der Waals surface area contributed by atoms with E-state index in [4.69, 9.17) is 14.2 Å². The third-order valence-corrected chi connectivity index (χ3v) is 10.8. The van der Waals surface area contributed by atoms with Crippen LogP contribution in [0.15, 0.2) is 48.6 Å². The van der Waals surface area contributed by atoms with Crippen molar-refractivity contribution in [2.24, 2.45) is 0 Å². The van der Waals surface area contributed by atoms with Gasteiger partial charge in [0.15, 0.2) is 6.10 Å². The minimum atomic E-state index is -0.535. The van der Waals surface area contributed by atoms with Gasteiger partial charge in [-0.25, -0.2) is 0 Å². The minimum Gasteiger partial charge on any atom is -0.462 e. The van der Waals surface area contributed by atoms with Gasteiger partial charge in [-0.1, -0.05) is 211 Å². The van der Waals surface area contributed by atoms with Crippen molar-refractivity contribution < 1.29 is 23.8 Å². The highest BCUT2D eigenvalue weighted by molar-refractivity contribution is 5.70. The van der Waals surface area contributed by atoms with Crippen molar-refractivity contribution in [3.8, 4) is 0 Å². The van der Waals surface area contributed by atoms with E-state index in [0.29, 0.717) is 19.4 Å². The summed E-state index contributed by atoms with van der Waals surface area (Å²) < 4.78 is 17.3. The summed E-state index contributed by atoms with van der Waals surface area (Å²) in [6.45, 7) is 7.65. The normalized spacial score (nSPS) is 12.5. The van der Waals surface area contributed by atoms with E-state index in [-0.39, 0.29) is 25.2 Å². The van der Waals surface area contributed by atoms with Gasteiger partial charge >= 0.3 is 11.9 Å². The van der Waals surface area contributed by atoms with Gasteiger partial charge in [-0.3, -0.25) is 9.59 Å². The van der Waals surface area contributed by atoms with Crippen LogP contribution in [0.5, 0.6) is 0 Å². The van der Waals surface area contributed by atoms with E-state index in [1.807, 2.05) is 0 Å². The standard InChI is InChI=1S/C53H96O5/c1-4-7-10-13-15-17-19-21-23-25-27-28-30-32-34-36-38-41-43-46-52(54)57-50-51(58-53(55)47-44-40-12-9-6-3)49-56-48-45-42-39-37-35-33-31-29-26-24-22-20-18-16-14-11-8-5-2/h8,11,16,18,21-24,51H,4-7,9-10,12-15,17,19-20,25-50H2,1-3H3/b11-8-,18-16-,23-21-,24-22-.